The summed E-state index contributed by atoms with van der Waals surface area (Å²) in [4.78, 5) is 22.3. The lowest BCUT2D eigenvalue weighted by Crippen LogP contribution is -2.20. The Hall–Kier alpha value is -3.03. The van der Waals surface area contributed by atoms with Gasteiger partial charge in [0.25, 0.3) is 0 Å². The fourth-order valence-corrected chi connectivity index (χ4v) is 5.22. The molecule has 3 heterocycles. The molecule has 1 aliphatic rings. The first-order chi connectivity index (χ1) is 15.5. The number of nitrogens with one attached hydrogen (secondary N) is 1. The summed E-state index contributed by atoms with van der Waals surface area (Å²) in [7, 11) is 0. The molecule has 1 fully saturated rings. The van der Waals surface area contributed by atoms with E-state index in [9.17, 15) is 9.90 Å². The van der Waals surface area contributed by atoms with E-state index >= 15 is 0 Å². The summed E-state index contributed by atoms with van der Waals surface area (Å²) >= 11 is 1.44. The molecule has 2 N–H and O–H groups in total. The minimum Gasteiger partial charge on any atom is -0.393 e. The van der Waals surface area contributed by atoms with Gasteiger partial charge >= 0.3 is 0 Å². The number of benzene rings is 1. The van der Waals surface area contributed by atoms with Crippen molar-refractivity contribution in [3.63, 3.8) is 0 Å². The number of nitrogens with zero attached hydrogens (tertiary/aromatic N) is 3. The number of hydrogen-bond acceptors (Lipinski definition) is 6. The normalized spacial score (nSPS) is 20.7. The summed E-state index contributed by atoms with van der Waals surface area (Å²) in [5.41, 5.74) is 3.95. The van der Waals surface area contributed by atoms with Crippen LogP contribution in [-0.4, -0.2) is 37.6 Å². The molecule has 6 nitrogen and oxygen atoms in total. The second kappa shape index (κ2) is 8.48. The number of aryl methyl sites for hydroxylation is 1. The van der Waals surface area contributed by atoms with Crippen molar-refractivity contribution in [1.82, 2.24) is 14.5 Å². The van der Waals surface area contributed by atoms with E-state index in [1.807, 2.05) is 11.4 Å². The number of aromatic nitrogens is 3. The largest absolute Gasteiger partial charge is 0.393 e. The van der Waals surface area contributed by atoms with Crippen molar-refractivity contribution in [2.45, 2.75) is 38.5 Å². The van der Waals surface area contributed by atoms with Crippen molar-refractivity contribution in [2.75, 3.05) is 5.32 Å². The Morgan fingerprint density at radius 3 is 3.00 bits per heavy atom. The Kier molecular flexibility index (Phi) is 5.53. The van der Waals surface area contributed by atoms with E-state index in [-0.39, 0.29) is 17.7 Å². The zero-order valence-electron chi connectivity index (χ0n) is 17.9. The zero-order valence-corrected chi connectivity index (χ0v) is 18.7. The Labute approximate surface area is 191 Å². The zero-order chi connectivity index (χ0) is 22.2. The summed E-state index contributed by atoms with van der Waals surface area (Å²) < 4.78 is 2.21. The highest BCUT2D eigenvalue weighted by molar-refractivity contribution is 7.12. The Bertz CT molecular complexity index is 1270. The average Bonchev–Trinajstić information content (AvgIpc) is 3.48. The van der Waals surface area contributed by atoms with Crippen LogP contribution in [0.2, 0.25) is 0 Å². The van der Waals surface area contributed by atoms with Gasteiger partial charge in [-0.3, -0.25) is 4.79 Å². The lowest BCUT2D eigenvalue weighted by molar-refractivity contribution is 0.104. The van der Waals surface area contributed by atoms with Gasteiger partial charge in [0.15, 0.2) is 0 Å². The van der Waals surface area contributed by atoms with Crippen LogP contribution in [0.1, 0.15) is 39.2 Å². The smallest absolute Gasteiger partial charge is 0.208 e. The number of thiophene rings is 1. The van der Waals surface area contributed by atoms with Crippen LogP contribution < -0.4 is 5.32 Å². The van der Waals surface area contributed by atoms with Gasteiger partial charge in [0.1, 0.15) is 12.1 Å². The first kappa shape index (κ1) is 20.8. The van der Waals surface area contributed by atoms with Crippen molar-refractivity contribution in [2.24, 2.45) is 5.92 Å². The summed E-state index contributed by atoms with van der Waals surface area (Å²) in [6, 6.07) is 10.5. The van der Waals surface area contributed by atoms with Crippen molar-refractivity contribution in [1.29, 1.82) is 0 Å². The van der Waals surface area contributed by atoms with E-state index in [4.69, 9.17) is 0 Å². The van der Waals surface area contributed by atoms with Gasteiger partial charge in [0.05, 0.1) is 16.5 Å². The minimum atomic E-state index is -0.429. The number of fused-ring (bicyclic) bond motifs is 1. The van der Waals surface area contributed by atoms with Gasteiger partial charge in [-0.2, -0.15) is 0 Å². The Balaban J connectivity index is 1.35. The van der Waals surface area contributed by atoms with Gasteiger partial charge in [-0.1, -0.05) is 12.1 Å². The third kappa shape index (κ3) is 4.06. The quantitative estimate of drug-likeness (QED) is 0.428. The fourth-order valence-electron chi connectivity index (χ4n) is 4.36. The lowest BCUT2D eigenvalue weighted by atomic mass is 10.1. The number of ketones is 1. The van der Waals surface area contributed by atoms with Crippen LogP contribution in [0.4, 0.5) is 5.82 Å². The van der Waals surface area contributed by atoms with E-state index < -0.39 is 6.10 Å². The molecule has 0 saturated heterocycles. The molecule has 0 bridgehead atoms. The predicted octanol–water partition coefficient (Wildman–Crippen LogP) is 4.47. The fraction of sp³-hybridized carbons (Fsp3) is 0.280. The van der Waals surface area contributed by atoms with Crippen LogP contribution in [0, 0.1) is 19.8 Å². The van der Waals surface area contributed by atoms with Gasteiger partial charge in [0.2, 0.25) is 5.78 Å². The second-order valence-corrected chi connectivity index (χ2v) is 9.49. The molecule has 32 heavy (non-hydrogen) atoms. The van der Waals surface area contributed by atoms with Crippen LogP contribution in [0.25, 0.3) is 10.9 Å². The molecule has 0 unspecified atom stereocenters. The van der Waals surface area contributed by atoms with Gasteiger partial charge in [-0.05, 0) is 72.7 Å². The highest BCUT2D eigenvalue weighted by atomic mass is 32.1. The van der Waals surface area contributed by atoms with Gasteiger partial charge in [0, 0.05) is 30.5 Å². The minimum absolute atomic E-state index is 0.0121. The van der Waals surface area contributed by atoms with Crippen LogP contribution in [0.5, 0.6) is 0 Å². The third-order valence-electron chi connectivity index (χ3n) is 6.12. The van der Waals surface area contributed by atoms with Crippen molar-refractivity contribution >= 4 is 33.8 Å². The number of carbonyl (C=O) groups is 1. The van der Waals surface area contributed by atoms with Crippen molar-refractivity contribution in [3.8, 4) is 0 Å². The molecule has 1 aliphatic carbocycles. The molecule has 7 heteroatoms. The number of hydrogen-bond donors (Lipinski definition) is 2. The van der Waals surface area contributed by atoms with Crippen molar-refractivity contribution < 1.29 is 9.90 Å². The molecule has 3 atom stereocenters. The molecule has 4 aromatic rings. The Morgan fingerprint density at radius 2 is 2.19 bits per heavy atom. The standard InChI is InChI=1S/C25H25N4O2S/c1-15-3-4-18-5-6-29(21(18)7-15)12-17-9-23(32-13-17)24(31)20-11-26-14-27-25(20)28-19-8-16(2)22(30)10-19/h3-7,9,11,13-14,16,19,22,30H,2,8,10,12H2,1H3,(H,26,27,28)/t16-,19-,22+/m1/s1. The van der Waals surface area contributed by atoms with E-state index in [0.717, 1.165) is 12.0 Å². The molecule has 163 valence electrons. The molecule has 3 aromatic heterocycles. The van der Waals surface area contributed by atoms with E-state index in [1.54, 1.807) is 6.20 Å². The molecular weight excluding hydrogens is 420 g/mol. The predicted molar refractivity (Wildman–Crippen MR) is 127 cm³/mol. The molecule has 1 radical (unpaired) electrons. The van der Waals surface area contributed by atoms with Crippen LogP contribution in [-0.2, 0) is 6.54 Å². The summed E-state index contributed by atoms with van der Waals surface area (Å²) in [5.74, 6) is 0.405. The van der Waals surface area contributed by atoms with Crippen LogP contribution in [0.3, 0.4) is 0 Å². The number of rotatable bonds is 6. The second-order valence-electron chi connectivity index (χ2n) is 8.58. The summed E-state index contributed by atoms with van der Waals surface area (Å²) in [5, 5.41) is 16.6. The van der Waals surface area contributed by atoms with Gasteiger partial charge < -0.3 is 15.0 Å². The molecule has 1 aromatic carbocycles. The SMILES string of the molecule is [CH2][C@@H]1C[C@@H](Nc2ncncc2C(=O)c2cc(Cn3ccc4ccc(C)cc43)cs2)C[C@@H]1O. The topological polar surface area (TPSA) is 80.0 Å². The lowest BCUT2D eigenvalue weighted by Gasteiger charge is -2.15. The number of aliphatic hydroxyl groups excluding tert-OH is 1. The third-order valence-corrected chi connectivity index (χ3v) is 7.09. The maximum absolute atomic E-state index is 13.3. The molecular formula is C25H25N4O2S. The van der Waals surface area contributed by atoms with E-state index in [0.29, 0.717) is 29.2 Å². The number of carbonyl (C=O) groups excluding carboxylic acids is 1. The summed E-state index contributed by atoms with van der Waals surface area (Å²) in [6.45, 7) is 6.78. The number of anilines is 1. The molecule has 5 rings (SSSR count). The molecule has 0 aliphatic heterocycles. The van der Waals surface area contributed by atoms with Crippen LogP contribution >= 0.6 is 11.3 Å². The molecule has 1 saturated carbocycles. The monoisotopic (exact) mass is 445 g/mol. The molecule has 0 amide bonds. The average molecular weight is 446 g/mol. The Morgan fingerprint density at radius 1 is 1.31 bits per heavy atom. The summed E-state index contributed by atoms with van der Waals surface area (Å²) in [6.07, 6.45) is 5.99. The first-order valence-corrected chi connectivity index (χ1v) is 11.6. The van der Waals surface area contributed by atoms with Gasteiger partial charge in [-0.15, -0.1) is 11.3 Å². The highest BCUT2D eigenvalue weighted by Crippen LogP contribution is 2.29. The first-order valence-electron chi connectivity index (χ1n) is 10.7. The molecule has 0 spiro atoms. The van der Waals surface area contributed by atoms with E-state index in [1.165, 1.54) is 34.1 Å². The van der Waals surface area contributed by atoms with Crippen molar-refractivity contribution in [3.05, 3.63) is 82.9 Å². The van der Waals surface area contributed by atoms with E-state index in [2.05, 4.69) is 64.2 Å². The number of aliphatic hydroxyl groups is 1. The van der Waals surface area contributed by atoms with Crippen LogP contribution in [0.15, 0.2) is 54.4 Å². The maximum atomic E-state index is 13.3. The highest BCUT2D eigenvalue weighted by Gasteiger charge is 2.31. The van der Waals surface area contributed by atoms with Gasteiger partial charge in [-0.25, -0.2) is 9.97 Å². The maximum Gasteiger partial charge on any atom is 0.208 e.